The first-order valence-electron chi connectivity index (χ1n) is 5.60. The van der Waals surface area contributed by atoms with Crippen molar-refractivity contribution in [3.8, 4) is 0 Å². The summed E-state index contributed by atoms with van der Waals surface area (Å²) in [7, 11) is 1.77. The summed E-state index contributed by atoms with van der Waals surface area (Å²) in [5.74, 6) is 0.620. The van der Waals surface area contributed by atoms with E-state index in [1.807, 2.05) is 0 Å². The van der Waals surface area contributed by atoms with Crippen molar-refractivity contribution in [2.75, 3.05) is 20.3 Å². The Morgan fingerprint density at radius 2 is 2.33 bits per heavy atom. The molecule has 2 nitrogen and oxygen atoms in total. The molecule has 15 heavy (non-hydrogen) atoms. The topological polar surface area (TPSA) is 21.3 Å². The predicted molar refractivity (Wildman–Crippen MR) is 62.1 cm³/mol. The Morgan fingerprint density at radius 1 is 1.47 bits per heavy atom. The Kier molecular flexibility index (Phi) is 3.39. The monoisotopic (exact) mass is 205 g/mol. The highest BCUT2D eigenvalue weighted by Crippen LogP contribution is 2.27. The summed E-state index contributed by atoms with van der Waals surface area (Å²) >= 11 is 0. The largest absolute Gasteiger partial charge is 0.385 e. The summed E-state index contributed by atoms with van der Waals surface area (Å²) in [6, 6.07) is 6.79. The summed E-state index contributed by atoms with van der Waals surface area (Å²) in [6.45, 7) is 5.10. The minimum Gasteiger partial charge on any atom is -0.385 e. The molecule has 82 valence electrons. The fraction of sp³-hybridized carbons (Fsp3) is 0.538. The van der Waals surface area contributed by atoms with Gasteiger partial charge in [0.1, 0.15) is 0 Å². The second kappa shape index (κ2) is 4.77. The van der Waals surface area contributed by atoms with Crippen molar-refractivity contribution in [3.63, 3.8) is 0 Å². The van der Waals surface area contributed by atoms with E-state index in [9.17, 15) is 0 Å². The molecule has 1 atom stereocenters. The minimum absolute atomic E-state index is 0.620. The van der Waals surface area contributed by atoms with Gasteiger partial charge in [0.05, 0.1) is 0 Å². The van der Waals surface area contributed by atoms with Gasteiger partial charge in [0.15, 0.2) is 0 Å². The van der Waals surface area contributed by atoms with Crippen molar-refractivity contribution in [2.45, 2.75) is 25.8 Å². The van der Waals surface area contributed by atoms with Crippen LogP contribution in [0.3, 0.4) is 0 Å². The van der Waals surface area contributed by atoms with Crippen LogP contribution in [0.25, 0.3) is 0 Å². The van der Waals surface area contributed by atoms with Crippen molar-refractivity contribution in [2.24, 2.45) is 0 Å². The van der Waals surface area contributed by atoms with E-state index in [2.05, 4.69) is 30.4 Å². The van der Waals surface area contributed by atoms with Gasteiger partial charge in [-0.05, 0) is 30.4 Å². The Hall–Kier alpha value is -0.860. The molecule has 1 unspecified atom stereocenters. The van der Waals surface area contributed by atoms with Crippen LogP contribution in [0.5, 0.6) is 0 Å². The van der Waals surface area contributed by atoms with Crippen LogP contribution in [0.4, 0.5) is 0 Å². The normalized spacial score (nSPS) is 20.0. The fourth-order valence-corrected chi connectivity index (χ4v) is 2.29. The number of hydrogen-bond acceptors (Lipinski definition) is 2. The van der Waals surface area contributed by atoms with Gasteiger partial charge in [0, 0.05) is 26.8 Å². The molecule has 0 aliphatic carbocycles. The molecule has 0 saturated carbocycles. The molecule has 0 amide bonds. The number of fused-ring (bicyclic) bond motifs is 1. The molecule has 1 aliphatic rings. The molecule has 0 bridgehead atoms. The lowest BCUT2D eigenvalue weighted by Gasteiger charge is -2.26. The van der Waals surface area contributed by atoms with Gasteiger partial charge in [-0.25, -0.2) is 0 Å². The quantitative estimate of drug-likeness (QED) is 0.817. The zero-order valence-electron chi connectivity index (χ0n) is 9.55. The molecule has 0 fully saturated rings. The number of nitrogens with one attached hydrogen (secondary N) is 1. The first-order chi connectivity index (χ1) is 7.31. The van der Waals surface area contributed by atoms with Gasteiger partial charge in [0.25, 0.3) is 0 Å². The Morgan fingerprint density at radius 3 is 3.13 bits per heavy atom. The molecule has 2 heteroatoms. The molecular formula is C13H19NO. The van der Waals surface area contributed by atoms with E-state index < -0.39 is 0 Å². The van der Waals surface area contributed by atoms with Crippen LogP contribution < -0.4 is 5.32 Å². The van der Waals surface area contributed by atoms with E-state index in [0.717, 1.165) is 26.1 Å². The summed E-state index contributed by atoms with van der Waals surface area (Å²) in [5.41, 5.74) is 4.32. The van der Waals surface area contributed by atoms with Gasteiger partial charge in [-0.1, -0.05) is 23.8 Å². The van der Waals surface area contributed by atoms with Crippen molar-refractivity contribution in [1.29, 1.82) is 0 Å². The Labute approximate surface area is 91.6 Å². The molecule has 1 heterocycles. The minimum atomic E-state index is 0.620. The first kappa shape index (κ1) is 10.7. The Bertz CT molecular complexity index is 335. The van der Waals surface area contributed by atoms with Crippen LogP contribution >= 0.6 is 0 Å². The van der Waals surface area contributed by atoms with Crippen LogP contribution in [0.15, 0.2) is 18.2 Å². The molecule has 0 spiro atoms. The molecule has 2 rings (SSSR count). The highest BCUT2D eigenvalue weighted by molar-refractivity contribution is 5.36. The van der Waals surface area contributed by atoms with E-state index in [1.165, 1.54) is 16.7 Å². The molecule has 1 aromatic rings. The lowest BCUT2D eigenvalue weighted by molar-refractivity contribution is 0.186. The van der Waals surface area contributed by atoms with Crippen molar-refractivity contribution < 1.29 is 4.74 Å². The smallest absolute Gasteiger partial charge is 0.0468 e. The summed E-state index contributed by atoms with van der Waals surface area (Å²) in [4.78, 5) is 0. The lowest BCUT2D eigenvalue weighted by Crippen LogP contribution is -2.28. The third kappa shape index (κ3) is 2.39. The van der Waals surface area contributed by atoms with E-state index in [-0.39, 0.29) is 0 Å². The average Bonchev–Trinajstić information content (AvgIpc) is 2.25. The van der Waals surface area contributed by atoms with Gasteiger partial charge in [-0.2, -0.15) is 0 Å². The third-order valence-electron chi connectivity index (χ3n) is 3.11. The number of hydrogen-bond donors (Lipinski definition) is 1. The van der Waals surface area contributed by atoms with Gasteiger partial charge >= 0.3 is 0 Å². The molecule has 1 aromatic carbocycles. The summed E-state index contributed by atoms with van der Waals surface area (Å²) in [6.07, 6.45) is 1.11. The second-order valence-electron chi connectivity index (χ2n) is 4.31. The molecule has 0 radical (unpaired) electrons. The zero-order chi connectivity index (χ0) is 10.7. The predicted octanol–water partition coefficient (Wildman–Crippen LogP) is 2.22. The van der Waals surface area contributed by atoms with E-state index in [1.54, 1.807) is 7.11 Å². The number of benzene rings is 1. The zero-order valence-corrected chi connectivity index (χ0v) is 9.55. The van der Waals surface area contributed by atoms with Crippen LogP contribution in [0, 0.1) is 6.92 Å². The van der Waals surface area contributed by atoms with E-state index in [0.29, 0.717) is 5.92 Å². The fourth-order valence-electron chi connectivity index (χ4n) is 2.29. The van der Waals surface area contributed by atoms with Crippen molar-refractivity contribution in [1.82, 2.24) is 5.32 Å². The number of ether oxygens (including phenoxy) is 1. The maximum Gasteiger partial charge on any atom is 0.0468 e. The molecular weight excluding hydrogens is 186 g/mol. The van der Waals surface area contributed by atoms with Crippen LogP contribution in [0.1, 0.15) is 29.0 Å². The first-order valence-corrected chi connectivity index (χ1v) is 5.60. The lowest BCUT2D eigenvalue weighted by atomic mass is 9.88. The number of methoxy groups -OCH3 is 1. The third-order valence-corrected chi connectivity index (χ3v) is 3.11. The van der Waals surface area contributed by atoms with Crippen molar-refractivity contribution >= 4 is 0 Å². The summed E-state index contributed by atoms with van der Waals surface area (Å²) < 4.78 is 5.16. The van der Waals surface area contributed by atoms with Crippen molar-refractivity contribution in [3.05, 3.63) is 34.9 Å². The maximum absolute atomic E-state index is 5.16. The molecule has 1 aliphatic heterocycles. The van der Waals surface area contributed by atoms with Gasteiger partial charge in [0.2, 0.25) is 0 Å². The highest BCUT2D eigenvalue weighted by Gasteiger charge is 2.19. The van der Waals surface area contributed by atoms with E-state index in [4.69, 9.17) is 4.74 Å². The van der Waals surface area contributed by atoms with Gasteiger partial charge in [-0.3, -0.25) is 0 Å². The van der Waals surface area contributed by atoms with E-state index >= 15 is 0 Å². The van der Waals surface area contributed by atoms with Crippen LogP contribution in [-0.4, -0.2) is 20.3 Å². The number of aryl methyl sites for hydroxylation is 1. The summed E-state index contributed by atoms with van der Waals surface area (Å²) in [5, 5.41) is 3.47. The van der Waals surface area contributed by atoms with Crippen LogP contribution in [0.2, 0.25) is 0 Å². The maximum atomic E-state index is 5.16. The number of rotatable bonds is 3. The van der Waals surface area contributed by atoms with Gasteiger partial charge in [-0.15, -0.1) is 0 Å². The Balaban J connectivity index is 2.18. The standard InChI is InChI=1S/C13H19NO/c1-10-3-4-13-11(5-6-15-2)8-14-9-12(13)7-10/h3-4,7,11,14H,5-6,8-9H2,1-2H3. The molecule has 1 N–H and O–H groups in total. The molecule has 0 aromatic heterocycles. The van der Waals surface area contributed by atoms with Crippen LogP contribution in [-0.2, 0) is 11.3 Å². The highest BCUT2D eigenvalue weighted by atomic mass is 16.5. The second-order valence-corrected chi connectivity index (χ2v) is 4.31. The molecule has 0 saturated heterocycles. The average molecular weight is 205 g/mol. The van der Waals surface area contributed by atoms with Gasteiger partial charge < -0.3 is 10.1 Å². The SMILES string of the molecule is COCCC1CNCc2cc(C)ccc21.